The van der Waals surface area contributed by atoms with Crippen LogP contribution in [0.5, 0.6) is 0 Å². The molecule has 0 fully saturated rings. The van der Waals surface area contributed by atoms with Crippen LogP contribution in [0.4, 0.5) is 0 Å². The summed E-state index contributed by atoms with van der Waals surface area (Å²) in [6.45, 7) is 0. The molecular formula is C19H18O4. The third-order valence-corrected chi connectivity index (χ3v) is 3.81. The van der Waals surface area contributed by atoms with E-state index in [9.17, 15) is 5.11 Å². The van der Waals surface area contributed by atoms with E-state index >= 15 is 0 Å². The van der Waals surface area contributed by atoms with E-state index in [1.54, 1.807) is 0 Å². The van der Waals surface area contributed by atoms with Gasteiger partial charge in [-0.25, -0.2) is 0 Å². The van der Waals surface area contributed by atoms with Crippen molar-refractivity contribution >= 4 is 0 Å². The Kier molecular flexibility index (Phi) is 4.52. The summed E-state index contributed by atoms with van der Waals surface area (Å²) in [5.41, 5.74) is 2.41. The van der Waals surface area contributed by atoms with E-state index in [4.69, 9.17) is 14.6 Å². The molecule has 0 radical (unpaired) electrons. The number of hydrogen-bond donors (Lipinski definition) is 2. The molecule has 0 spiro atoms. The maximum atomic E-state index is 9.72. The molecule has 0 aliphatic carbocycles. The number of benzene rings is 2. The predicted octanol–water partition coefficient (Wildman–Crippen LogP) is 4.73. The number of ether oxygens (including phenoxy) is 2. The van der Waals surface area contributed by atoms with Crippen LogP contribution < -0.4 is 0 Å². The average Bonchev–Trinajstić information content (AvgIpc) is 2.59. The summed E-state index contributed by atoms with van der Waals surface area (Å²) >= 11 is 0. The van der Waals surface area contributed by atoms with Crippen LogP contribution in [0.25, 0.3) is 0 Å². The molecule has 1 heterocycles. The highest BCUT2D eigenvalue weighted by atomic mass is 16.7. The Morgan fingerprint density at radius 3 is 1.91 bits per heavy atom. The van der Waals surface area contributed by atoms with Gasteiger partial charge in [0.15, 0.2) is 12.0 Å². The summed E-state index contributed by atoms with van der Waals surface area (Å²) in [5.74, 6) is -0.334. The quantitative estimate of drug-likeness (QED) is 0.838. The SMILES string of the molecule is OC1=COC(CCC(c2ccccc2)c2ccccc2)=C(O)O1. The predicted molar refractivity (Wildman–Crippen MR) is 86.5 cm³/mol. The van der Waals surface area contributed by atoms with Crippen LogP contribution in [0.15, 0.2) is 84.6 Å². The lowest BCUT2D eigenvalue weighted by atomic mass is 9.87. The molecule has 2 N–H and O–H groups in total. The number of hydrogen-bond acceptors (Lipinski definition) is 4. The molecule has 2 aromatic carbocycles. The summed E-state index contributed by atoms with van der Waals surface area (Å²) in [6, 6.07) is 20.4. The van der Waals surface area contributed by atoms with Crippen molar-refractivity contribution in [2.45, 2.75) is 18.8 Å². The largest absolute Gasteiger partial charge is 0.478 e. The first-order valence-corrected chi connectivity index (χ1v) is 7.49. The molecule has 0 bridgehead atoms. The normalized spacial score (nSPS) is 14.2. The molecule has 4 nitrogen and oxygen atoms in total. The van der Waals surface area contributed by atoms with Crippen molar-refractivity contribution in [2.75, 3.05) is 0 Å². The minimum atomic E-state index is -0.450. The molecule has 0 amide bonds. The maximum Gasteiger partial charge on any atom is 0.325 e. The van der Waals surface area contributed by atoms with Crippen LogP contribution in [-0.2, 0) is 9.47 Å². The molecule has 1 aliphatic rings. The van der Waals surface area contributed by atoms with E-state index < -0.39 is 5.95 Å². The molecule has 3 rings (SSSR count). The van der Waals surface area contributed by atoms with E-state index in [-0.39, 0.29) is 11.9 Å². The van der Waals surface area contributed by atoms with Crippen molar-refractivity contribution in [3.05, 3.63) is 95.7 Å². The Bertz CT molecular complexity index is 665. The first-order chi connectivity index (χ1) is 11.2. The molecule has 1 aliphatic heterocycles. The first-order valence-electron chi connectivity index (χ1n) is 7.49. The van der Waals surface area contributed by atoms with E-state index in [0.29, 0.717) is 12.2 Å². The molecule has 0 atom stereocenters. The third-order valence-electron chi connectivity index (χ3n) is 3.81. The Morgan fingerprint density at radius 2 is 1.39 bits per heavy atom. The summed E-state index contributed by atoms with van der Waals surface area (Å²) in [4.78, 5) is 0. The minimum Gasteiger partial charge on any atom is -0.478 e. The highest BCUT2D eigenvalue weighted by molar-refractivity contribution is 5.32. The molecular weight excluding hydrogens is 292 g/mol. The monoisotopic (exact) mass is 310 g/mol. The van der Waals surface area contributed by atoms with Gasteiger partial charge in [0.1, 0.15) is 0 Å². The molecule has 2 aromatic rings. The van der Waals surface area contributed by atoms with Crippen molar-refractivity contribution in [3.8, 4) is 0 Å². The van der Waals surface area contributed by atoms with Gasteiger partial charge in [0.25, 0.3) is 0 Å². The maximum absolute atomic E-state index is 9.72. The second-order valence-electron chi connectivity index (χ2n) is 5.32. The van der Waals surface area contributed by atoms with Crippen LogP contribution in [0.1, 0.15) is 29.9 Å². The Balaban J connectivity index is 1.79. The fourth-order valence-corrected chi connectivity index (χ4v) is 2.69. The van der Waals surface area contributed by atoms with Gasteiger partial charge in [0.05, 0.1) is 0 Å². The summed E-state index contributed by atoms with van der Waals surface area (Å²) in [5, 5.41) is 18.9. The summed E-state index contributed by atoms with van der Waals surface area (Å²) in [6.07, 6.45) is 2.31. The Morgan fingerprint density at radius 1 is 0.826 bits per heavy atom. The lowest BCUT2D eigenvalue weighted by molar-refractivity contribution is 0.0207. The fourth-order valence-electron chi connectivity index (χ4n) is 2.69. The molecule has 4 heteroatoms. The van der Waals surface area contributed by atoms with Gasteiger partial charge in [-0.05, 0) is 17.5 Å². The Hall–Kier alpha value is -2.88. The van der Waals surface area contributed by atoms with Crippen molar-refractivity contribution in [1.29, 1.82) is 0 Å². The van der Waals surface area contributed by atoms with Crippen molar-refractivity contribution in [3.63, 3.8) is 0 Å². The lowest BCUT2D eigenvalue weighted by Gasteiger charge is -2.20. The smallest absolute Gasteiger partial charge is 0.325 e. The standard InChI is InChI=1S/C19H18O4/c20-18-13-22-17(19(21)23-18)12-11-16(14-7-3-1-4-8-14)15-9-5-2-6-10-15/h1-10,13,16,20-21H,11-12H2. The zero-order valence-corrected chi connectivity index (χ0v) is 12.6. The van der Waals surface area contributed by atoms with Crippen LogP contribution in [0.3, 0.4) is 0 Å². The average molecular weight is 310 g/mol. The van der Waals surface area contributed by atoms with Gasteiger partial charge in [-0.15, -0.1) is 0 Å². The zero-order valence-electron chi connectivity index (χ0n) is 12.6. The lowest BCUT2D eigenvalue weighted by Crippen LogP contribution is -2.08. The molecule has 0 saturated carbocycles. The fraction of sp³-hybridized carbons (Fsp3) is 0.158. The van der Waals surface area contributed by atoms with Gasteiger partial charge < -0.3 is 19.7 Å². The highest BCUT2D eigenvalue weighted by Crippen LogP contribution is 2.32. The third kappa shape index (κ3) is 3.66. The zero-order chi connectivity index (χ0) is 16.1. The number of allylic oxidation sites excluding steroid dienone is 1. The van der Waals surface area contributed by atoms with E-state index in [0.717, 1.165) is 12.7 Å². The van der Waals surface area contributed by atoms with Gasteiger partial charge in [0, 0.05) is 12.3 Å². The van der Waals surface area contributed by atoms with E-state index in [1.165, 1.54) is 11.1 Å². The van der Waals surface area contributed by atoms with E-state index in [2.05, 4.69) is 24.3 Å². The second-order valence-corrected chi connectivity index (χ2v) is 5.32. The number of aliphatic hydroxyl groups is 2. The van der Waals surface area contributed by atoms with Crippen molar-refractivity contribution in [1.82, 2.24) is 0 Å². The molecule has 0 saturated heterocycles. The topological polar surface area (TPSA) is 58.9 Å². The second kappa shape index (κ2) is 6.92. The number of rotatable bonds is 5. The van der Waals surface area contributed by atoms with Crippen molar-refractivity contribution < 1.29 is 19.7 Å². The van der Waals surface area contributed by atoms with Gasteiger partial charge in [0.2, 0.25) is 0 Å². The Labute approximate surface area is 134 Å². The molecule has 0 unspecified atom stereocenters. The van der Waals surface area contributed by atoms with Crippen LogP contribution >= 0.6 is 0 Å². The van der Waals surface area contributed by atoms with Gasteiger partial charge in [-0.2, -0.15) is 0 Å². The van der Waals surface area contributed by atoms with Crippen molar-refractivity contribution in [2.24, 2.45) is 0 Å². The van der Waals surface area contributed by atoms with E-state index in [1.807, 2.05) is 36.4 Å². The number of aliphatic hydroxyl groups excluding tert-OH is 2. The first kappa shape index (κ1) is 15.0. The minimum absolute atomic E-state index is 0.181. The summed E-state index contributed by atoms with van der Waals surface area (Å²) < 4.78 is 9.99. The molecule has 0 aromatic heterocycles. The van der Waals surface area contributed by atoms with Crippen LogP contribution in [-0.4, -0.2) is 10.2 Å². The van der Waals surface area contributed by atoms with Crippen LogP contribution in [0.2, 0.25) is 0 Å². The van der Waals surface area contributed by atoms with Gasteiger partial charge in [-0.3, -0.25) is 0 Å². The summed E-state index contributed by atoms with van der Waals surface area (Å²) in [7, 11) is 0. The highest BCUT2D eigenvalue weighted by Gasteiger charge is 2.20. The van der Waals surface area contributed by atoms with Gasteiger partial charge in [-0.1, -0.05) is 60.7 Å². The van der Waals surface area contributed by atoms with Gasteiger partial charge >= 0.3 is 11.9 Å². The molecule has 118 valence electrons. The van der Waals surface area contributed by atoms with Crippen LogP contribution in [0, 0.1) is 0 Å². The molecule has 23 heavy (non-hydrogen) atoms.